The maximum Gasteiger partial charge on any atom is 0.239 e. The number of anilines is 3. The van der Waals surface area contributed by atoms with E-state index in [1.807, 2.05) is 23.8 Å². The standard InChI is InChI=1S/C9H11N5S/c1-6-4-11-9(14-10)13-8(6)12-7-2-3-15-5-7/h2-5H,10H2,1H3,(H2,11,12,13,14). The Bertz CT molecular complexity index is 440. The van der Waals surface area contributed by atoms with Gasteiger partial charge in [-0.15, -0.1) is 0 Å². The average Bonchev–Trinajstić information content (AvgIpc) is 2.74. The summed E-state index contributed by atoms with van der Waals surface area (Å²) in [5.41, 5.74) is 4.41. The number of hydrogen-bond acceptors (Lipinski definition) is 6. The molecule has 0 bridgehead atoms. The Labute approximate surface area is 91.3 Å². The van der Waals surface area contributed by atoms with E-state index in [9.17, 15) is 0 Å². The molecule has 2 aromatic rings. The number of nitrogens with two attached hydrogens (primary N) is 1. The Morgan fingerprint density at radius 3 is 3.00 bits per heavy atom. The molecule has 15 heavy (non-hydrogen) atoms. The number of hydrazine groups is 1. The van der Waals surface area contributed by atoms with E-state index in [1.165, 1.54) is 0 Å². The molecule has 2 aromatic heterocycles. The Morgan fingerprint density at radius 2 is 2.33 bits per heavy atom. The highest BCUT2D eigenvalue weighted by Crippen LogP contribution is 2.20. The number of nitrogens with zero attached hydrogens (tertiary/aromatic N) is 2. The van der Waals surface area contributed by atoms with E-state index in [0.717, 1.165) is 17.1 Å². The summed E-state index contributed by atoms with van der Waals surface area (Å²) in [7, 11) is 0. The molecule has 0 atom stereocenters. The zero-order chi connectivity index (χ0) is 10.7. The minimum absolute atomic E-state index is 0.401. The molecule has 0 aliphatic heterocycles. The summed E-state index contributed by atoms with van der Waals surface area (Å²) < 4.78 is 0. The summed E-state index contributed by atoms with van der Waals surface area (Å²) in [6, 6.07) is 1.99. The van der Waals surface area contributed by atoms with Crippen LogP contribution in [0.5, 0.6) is 0 Å². The van der Waals surface area contributed by atoms with E-state index >= 15 is 0 Å². The number of aryl methyl sites for hydroxylation is 1. The van der Waals surface area contributed by atoms with Crippen molar-refractivity contribution in [1.29, 1.82) is 0 Å². The highest BCUT2D eigenvalue weighted by molar-refractivity contribution is 7.08. The molecule has 6 heteroatoms. The predicted octanol–water partition coefficient (Wildman–Crippen LogP) is 1.88. The fraction of sp³-hybridized carbons (Fsp3) is 0.111. The molecule has 0 amide bonds. The molecular formula is C9H11N5S. The topological polar surface area (TPSA) is 75.9 Å². The molecule has 78 valence electrons. The molecule has 0 unspecified atom stereocenters. The highest BCUT2D eigenvalue weighted by Gasteiger charge is 2.03. The van der Waals surface area contributed by atoms with Gasteiger partial charge in [-0.2, -0.15) is 16.3 Å². The van der Waals surface area contributed by atoms with Crippen molar-refractivity contribution < 1.29 is 0 Å². The number of nitrogen functional groups attached to an aromatic ring is 1. The second kappa shape index (κ2) is 4.24. The fourth-order valence-electron chi connectivity index (χ4n) is 1.11. The van der Waals surface area contributed by atoms with Gasteiger partial charge in [0.25, 0.3) is 0 Å². The van der Waals surface area contributed by atoms with Crippen LogP contribution < -0.4 is 16.6 Å². The third-order valence-electron chi connectivity index (χ3n) is 1.88. The summed E-state index contributed by atoms with van der Waals surface area (Å²) in [5.74, 6) is 6.40. The fourth-order valence-corrected chi connectivity index (χ4v) is 1.70. The van der Waals surface area contributed by atoms with Gasteiger partial charge in [0.15, 0.2) is 0 Å². The van der Waals surface area contributed by atoms with Crippen LogP contribution in [0, 0.1) is 6.92 Å². The Morgan fingerprint density at radius 1 is 1.47 bits per heavy atom. The molecule has 0 saturated heterocycles. The lowest BCUT2D eigenvalue weighted by molar-refractivity contribution is 1.09. The van der Waals surface area contributed by atoms with Gasteiger partial charge in [-0.05, 0) is 18.4 Å². The number of aromatic nitrogens is 2. The number of hydrogen-bond donors (Lipinski definition) is 3. The molecule has 2 heterocycles. The zero-order valence-electron chi connectivity index (χ0n) is 8.19. The molecule has 0 aliphatic rings. The quantitative estimate of drug-likeness (QED) is 0.545. The van der Waals surface area contributed by atoms with Crippen LogP contribution in [0.4, 0.5) is 17.5 Å². The first-order valence-electron chi connectivity index (χ1n) is 4.39. The van der Waals surface area contributed by atoms with Gasteiger partial charge in [0.05, 0.1) is 5.69 Å². The SMILES string of the molecule is Cc1cnc(NN)nc1Nc1ccsc1. The van der Waals surface area contributed by atoms with Crippen LogP contribution in [0.2, 0.25) is 0 Å². The molecule has 0 aromatic carbocycles. The Kier molecular flexibility index (Phi) is 2.79. The van der Waals surface area contributed by atoms with Crippen LogP contribution in [0.25, 0.3) is 0 Å². The van der Waals surface area contributed by atoms with Crippen molar-refractivity contribution in [2.75, 3.05) is 10.7 Å². The smallest absolute Gasteiger partial charge is 0.239 e. The molecule has 0 spiro atoms. The van der Waals surface area contributed by atoms with E-state index in [-0.39, 0.29) is 0 Å². The lowest BCUT2D eigenvalue weighted by Crippen LogP contribution is -2.11. The van der Waals surface area contributed by atoms with Crippen molar-refractivity contribution in [3.63, 3.8) is 0 Å². The third kappa shape index (κ3) is 2.23. The van der Waals surface area contributed by atoms with Gasteiger partial charge in [0.2, 0.25) is 5.95 Å². The predicted molar refractivity (Wildman–Crippen MR) is 62.2 cm³/mol. The third-order valence-corrected chi connectivity index (χ3v) is 2.57. The van der Waals surface area contributed by atoms with Crippen LogP contribution in [0.1, 0.15) is 5.56 Å². The largest absolute Gasteiger partial charge is 0.339 e. The first-order chi connectivity index (χ1) is 7.29. The first-order valence-corrected chi connectivity index (χ1v) is 5.33. The van der Waals surface area contributed by atoms with E-state index in [4.69, 9.17) is 5.84 Å². The van der Waals surface area contributed by atoms with E-state index in [0.29, 0.717) is 5.95 Å². The number of thiophene rings is 1. The minimum Gasteiger partial charge on any atom is -0.339 e. The minimum atomic E-state index is 0.401. The summed E-state index contributed by atoms with van der Waals surface area (Å²) in [6.45, 7) is 1.94. The Hall–Kier alpha value is -1.66. The van der Waals surface area contributed by atoms with Crippen LogP contribution in [0.15, 0.2) is 23.0 Å². The Balaban J connectivity index is 2.27. The lowest BCUT2D eigenvalue weighted by Gasteiger charge is -2.07. The van der Waals surface area contributed by atoms with Gasteiger partial charge >= 0.3 is 0 Å². The van der Waals surface area contributed by atoms with Crippen molar-refractivity contribution in [3.05, 3.63) is 28.6 Å². The number of rotatable bonds is 3. The molecule has 0 fully saturated rings. The van der Waals surface area contributed by atoms with Crippen LogP contribution >= 0.6 is 11.3 Å². The van der Waals surface area contributed by atoms with Gasteiger partial charge in [-0.3, -0.25) is 5.43 Å². The summed E-state index contributed by atoms with van der Waals surface area (Å²) >= 11 is 1.63. The van der Waals surface area contributed by atoms with Crippen LogP contribution in [0.3, 0.4) is 0 Å². The van der Waals surface area contributed by atoms with Crippen LogP contribution in [-0.4, -0.2) is 9.97 Å². The lowest BCUT2D eigenvalue weighted by atomic mass is 10.3. The molecule has 5 nitrogen and oxygen atoms in total. The number of nitrogens with one attached hydrogen (secondary N) is 2. The normalized spacial score (nSPS) is 10.0. The van der Waals surface area contributed by atoms with Crippen molar-refractivity contribution in [1.82, 2.24) is 9.97 Å². The second-order valence-electron chi connectivity index (χ2n) is 3.01. The maximum atomic E-state index is 5.24. The van der Waals surface area contributed by atoms with E-state index in [2.05, 4.69) is 20.7 Å². The van der Waals surface area contributed by atoms with Gasteiger partial charge in [0.1, 0.15) is 5.82 Å². The zero-order valence-corrected chi connectivity index (χ0v) is 9.01. The maximum absolute atomic E-state index is 5.24. The molecule has 0 aliphatic carbocycles. The average molecular weight is 221 g/mol. The monoisotopic (exact) mass is 221 g/mol. The van der Waals surface area contributed by atoms with Crippen molar-refractivity contribution in [2.24, 2.45) is 5.84 Å². The van der Waals surface area contributed by atoms with Crippen LogP contribution in [-0.2, 0) is 0 Å². The van der Waals surface area contributed by atoms with Gasteiger partial charge in [-0.25, -0.2) is 10.8 Å². The van der Waals surface area contributed by atoms with E-state index < -0.39 is 0 Å². The second-order valence-corrected chi connectivity index (χ2v) is 3.79. The van der Waals surface area contributed by atoms with Crippen molar-refractivity contribution in [3.8, 4) is 0 Å². The summed E-state index contributed by atoms with van der Waals surface area (Å²) in [5, 5.41) is 7.20. The van der Waals surface area contributed by atoms with Crippen molar-refractivity contribution >= 4 is 28.8 Å². The molecule has 0 radical (unpaired) electrons. The van der Waals surface area contributed by atoms with E-state index in [1.54, 1.807) is 17.5 Å². The highest BCUT2D eigenvalue weighted by atomic mass is 32.1. The molecule has 0 saturated carbocycles. The van der Waals surface area contributed by atoms with Gasteiger partial charge < -0.3 is 5.32 Å². The first kappa shape index (κ1) is 9.88. The van der Waals surface area contributed by atoms with Crippen molar-refractivity contribution in [2.45, 2.75) is 6.92 Å². The molecular weight excluding hydrogens is 210 g/mol. The summed E-state index contributed by atoms with van der Waals surface area (Å²) in [6.07, 6.45) is 1.72. The molecule has 4 N–H and O–H groups in total. The molecule has 2 rings (SSSR count). The van der Waals surface area contributed by atoms with Gasteiger partial charge in [-0.1, -0.05) is 0 Å². The van der Waals surface area contributed by atoms with Gasteiger partial charge in [0, 0.05) is 17.1 Å². The summed E-state index contributed by atoms with van der Waals surface area (Å²) in [4.78, 5) is 8.21.